The smallest absolute Gasteiger partial charge is 0.410 e. The third-order valence-corrected chi connectivity index (χ3v) is 5.10. The minimum Gasteiger partial charge on any atom is -0.410 e. The van der Waals surface area contributed by atoms with Gasteiger partial charge in [0.25, 0.3) is 5.91 Å². The fourth-order valence-electron chi connectivity index (χ4n) is 2.82. The number of para-hydroxylation sites is 1. The molecule has 0 atom stereocenters. The summed E-state index contributed by atoms with van der Waals surface area (Å²) in [5.41, 5.74) is 0.734. The number of rotatable bonds is 3. The molecule has 130 valence electrons. The highest BCUT2D eigenvalue weighted by atomic mass is 127. The van der Waals surface area contributed by atoms with Crippen LogP contribution in [0.5, 0.6) is 5.75 Å². The second-order valence-corrected chi connectivity index (χ2v) is 7.06. The number of halogens is 1. The van der Waals surface area contributed by atoms with Crippen molar-refractivity contribution in [2.24, 2.45) is 0 Å². The maximum absolute atomic E-state index is 12.6. The molecule has 2 aromatic rings. The van der Waals surface area contributed by atoms with Crippen LogP contribution in [0.15, 0.2) is 54.6 Å². The number of nitrogens with one attached hydrogen (secondary N) is 1. The number of carbonyl (C=O) groups excluding carboxylic acids is 2. The number of benzene rings is 2. The Balaban J connectivity index is 1.49. The number of likely N-dealkylation sites (tertiary alicyclic amines) is 1. The molecule has 0 saturated carbocycles. The van der Waals surface area contributed by atoms with E-state index in [1.165, 1.54) is 0 Å². The maximum Gasteiger partial charge on any atom is 0.412 e. The first-order valence-electron chi connectivity index (χ1n) is 8.20. The Morgan fingerprint density at radius 3 is 2.32 bits per heavy atom. The van der Waals surface area contributed by atoms with Crippen LogP contribution in [0.3, 0.4) is 0 Å². The molecule has 2 amide bonds. The summed E-state index contributed by atoms with van der Waals surface area (Å²) in [6, 6.07) is 16.6. The summed E-state index contributed by atoms with van der Waals surface area (Å²) >= 11 is 2.18. The molecule has 25 heavy (non-hydrogen) atoms. The molecule has 2 aromatic carbocycles. The molecule has 1 heterocycles. The molecule has 1 fully saturated rings. The number of amides is 2. The van der Waals surface area contributed by atoms with Crippen molar-refractivity contribution in [1.29, 1.82) is 0 Å². The summed E-state index contributed by atoms with van der Waals surface area (Å²) in [5.74, 6) is 0.571. The zero-order valence-corrected chi connectivity index (χ0v) is 15.8. The van der Waals surface area contributed by atoms with Crippen molar-refractivity contribution in [3.05, 3.63) is 63.7 Å². The van der Waals surface area contributed by atoms with Crippen LogP contribution in [0.4, 0.5) is 4.79 Å². The number of nitrogens with zero attached hydrogens (tertiary/aromatic N) is 1. The number of hydrogen-bond acceptors (Lipinski definition) is 3. The highest BCUT2D eigenvalue weighted by molar-refractivity contribution is 14.1. The lowest BCUT2D eigenvalue weighted by Crippen LogP contribution is -2.47. The fraction of sp³-hybridized carbons (Fsp3) is 0.263. The van der Waals surface area contributed by atoms with Crippen molar-refractivity contribution in [3.8, 4) is 5.75 Å². The van der Waals surface area contributed by atoms with E-state index in [2.05, 4.69) is 27.9 Å². The van der Waals surface area contributed by atoms with Crippen LogP contribution in [0.1, 0.15) is 23.2 Å². The first-order valence-corrected chi connectivity index (χ1v) is 9.28. The van der Waals surface area contributed by atoms with Gasteiger partial charge in [-0.15, -0.1) is 0 Å². The third-order valence-electron chi connectivity index (χ3n) is 4.16. The van der Waals surface area contributed by atoms with Crippen LogP contribution in [0.25, 0.3) is 0 Å². The van der Waals surface area contributed by atoms with Gasteiger partial charge >= 0.3 is 6.09 Å². The van der Waals surface area contributed by atoms with E-state index in [4.69, 9.17) is 4.74 Å². The highest BCUT2D eigenvalue weighted by Crippen LogP contribution is 2.18. The minimum absolute atomic E-state index is 0.0232. The first kappa shape index (κ1) is 17.7. The van der Waals surface area contributed by atoms with E-state index >= 15 is 0 Å². The third kappa shape index (κ3) is 4.72. The molecule has 0 aliphatic carbocycles. The maximum atomic E-state index is 12.6. The van der Waals surface area contributed by atoms with Crippen molar-refractivity contribution in [2.75, 3.05) is 13.1 Å². The van der Waals surface area contributed by atoms with Crippen molar-refractivity contribution in [3.63, 3.8) is 0 Å². The molecule has 0 unspecified atom stereocenters. The van der Waals surface area contributed by atoms with Gasteiger partial charge in [0.15, 0.2) is 0 Å². The van der Waals surface area contributed by atoms with E-state index in [0.29, 0.717) is 18.8 Å². The van der Waals surface area contributed by atoms with Crippen LogP contribution in [0.2, 0.25) is 0 Å². The van der Waals surface area contributed by atoms with Gasteiger partial charge in [0.1, 0.15) is 5.75 Å². The van der Waals surface area contributed by atoms with Crippen molar-refractivity contribution >= 4 is 34.6 Å². The fourth-order valence-corrected chi connectivity index (χ4v) is 3.44. The van der Waals surface area contributed by atoms with E-state index in [0.717, 1.165) is 22.0 Å². The number of carbonyl (C=O) groups is 2. The van der Waals surface area contributed by atoms with Gasteiger partial charge in [-0.1, -0.05) is 30.3 Å². The van der Waals surface area contributed by atoms with Gasteiger partial charge in [0.05, 0.1) is 5.56 Å². The topological polar surface area (TPSA) is 58.6 Å². The highest BCUT2D eigenvalue weighted by Gasteiger charge is 2.25. The van der Waals surface area contributed by atoms with Gasteiger partial charge in [-0.05, 0) is 59.7 Å². The predicted molar refractivity (Wildman–Crippen MR) is 104 cm³/mol. The standard InChI is InChI=1S/C19H19IN2O3/c20-17-9-5-4-8-16(17)18(23)22-12-10-14(11-13-22)21-19(24)25-15-6-2-1-3-7-15/h1-9,14H,10-13H2,(H,21,24). The van der Waals surface area contributed by atoms with Crippen molar-refractivity contribution < 1.29 is 14.3 Å². The average Bonchev–Trinajstić information content (AvgIpc) is 2.63. The summed E-state index contributed by atoms with van der Waals surface area (Å²) in [5, 5.41) is 2.88. The molecule has 5 nitrogen and oxygen atoms in total. The lowest BCUT2D eigenvalue weighted by atomic mass is 10.0. The summed E-state index contributed by atoms with van der Waals surface area (Å²) in [4.78, 5) is 26.4. The zero-order valence-electron chi connectivity index (χ0n) is 13.7. The normalized spacial score (nSPS) is 14.8. The largest absolute Gasteiger partial charge is 0.412 e. The Kier molecular flexibility index (Phi) is 5.91. The molecular weight excluding hydrogens is 431 g/mol. The van der Waals surface area contributed by atoms with Crippen molar-refractivity contribution in [2.45, 2.75) is 18.9 Å². The Morgan fingerprint density at radius 2 is 1.64 bits per heavy atom. The molecule has 1 aliphatic heterocycles. The Bertz CT molecular complexity index is 743. The summed E-state index contributed by atoms with van der Waals surface area (Å²) in [6.07, 6.45) is 0.992. The molecule has 0 spiro atoms. The van der Waals surface area contributed by atoms with Crippen LogP contribution >= 0.6 is 22.6 Å². The summed E-state index contributed by atoms with van der Waals surface area (Å²) in [6.45, 7) is 1.25. The van der Waals surface area contributed by atoms with Crippen LogP contribution < -0.4 is 10.1 Å². The quantitative estimate of drug-likeness (QED) is 0.727. The monoisotopic (exact) mass is 450 g/mol. The second kappa shape index (κ2) is 8.33. The van der Waals surface area contributed by atoms with Crippen LogP contribution in [0, 0.1) is 3.57 Å². The number of piperidine rings is 1. The molecule has 6 heteroatoms. The van der Waals surface area contributed by atoms with Gasteiger partial charge in [-0.3, -0.25) is 4.79 Å². The molecule has 0 bridgehead atoms. The molecule has 0 aromatic heterocycles. The SMILES string of the molecule is O=C(NC1CCN(C(=O)c2ccccc2I)CC1)Oc1ccccc1. The van der Waals surface area contributed by atoms with Gasteiger partial charge in [-0.25, -0.2) is 4.79 Å². The Labute approximate surface area is 160 Å². The average molecular weight is 450 g/mol. The van der Waals surface area contributed by atoms with Crippen LogP contribution in [-0.4, -0.2) is 36.0 Å². The molecule has 1 aliphatic rings. The summed E-state index contributed by atoms with van der Waals surface area (Å²) < 4.78 is 6.20. The van der Waals surface area contributed by atoms with E-state index in [1.807, 2.05) is 47.4 Å². The van der Waals surface area contributed by atoms with Crippen molar-refractivity contribution in [1.82, 2.24) is 10.2 Å². The van der Waals surface area contributed by atoms with Gasteiger partial charge in [0.2, 0.25) is 0 Å². The second-order valence-electron chi connectivity index (χ2n) is 5.89. The lowest BCUT2D eigenvalue weighted by molar-refractivity contribution is 0.0705. The van der Waals surface area contributed by atoms with Crippen LogP contribution in [-0.2, 0) is 0 Å². The molecule has 3 rings (SSSR count). The van der Waals surface area contributed by atoms with Gasteiger partial charge < -0.3 is 15.0 Å². The lowest BCUT2D eigenvalue weighted by Gasteiger charge is -2.32. The predicted octanol–water partition coefficient (Wildman–Crippen LogP) is 3.68. The molecular formula is C19H19IN2O3. The van der Waals surface area contributed by atoms with E-state index in [9.17, 15) is 9.59 Å². The summed E-state index contributed by atoms with van der Waals surface area (Å²) in [7, 11) is 0. The molecule has 1 saturated heterocycles. The minimum atomic E-state index is -0.450. The van der Waals surface area contributed by atoms with E-state index < -0.39 is 6.09 Å². The van der Waals surface area contributed by atoms with E-state index in [1.54, 1.807) is 12.1 Å². The Morgan fingerprint density at radius 1 is 1.00 bits per heavy atom. The molecule has 1 N–H and O–H groups in total. The van der Waals surface area contributed by atoms with Gasteiger partial charge in [0, 0.05) is 22.7 Å². The zero-order chi connectivity index (χ0) is 17.6. The van der Waals surface area contributed by atoms with Gasteiger partial charge in [-0.2, -0.15) is 0 Å². The Hall–Kier alpha value is -2.09. The number of hydrogen-bond donors (Lipinski definition) is 1. The van der Waals surface area contributed by atoms with E-state index in [-0.39, 0.29) is 11.9 Å². The first-order chi connectivity index (χ1) is 12.1. The molecule has 0 radical (unpaired) electrons. The number of ether oxygens (including phenoxy) is 1.